The highest BCUT2D eigenvalue weighted by molar-refractivity contribution is 6.30. The van der Waals surface area contributed by atoms with Crippen LogP contribution in [0.5, 0.6) is 0 Å². The lowest BCUT2D eigenvalue weighted by Gasteiger charge is -2.03. The summed E-state index contributed by atoms with van der Waals surface area (Å²) in [6, 6.07) is 1.44. The number of aromatic carboxylic acids is 1. The standard InChI is InChI=1S/C10H8ClN3O2/c11-9-5-2-1-3-6(5)12-8-4-7(10(15)16)13-14(8)9/h4H,1-3H2,(H,15,16). The van der Waals surface area contributed by atoms with E-state index in [1.54, 1.807) is 0 Å². The first-order chi connectivity index (χ1) is 7.66. The number of aryl methyl sites for hydroxylation is 1. The second-order valence-electron chi connectivity index (χ2n) is 3.79. The van der Waals surface area contributed by atoms with Gasteiger partial charge in [-0.2, -0.15) is 5.10 Å². The summed E-state index contributed by atoms with van der Waals surface area (Å²) in [4.78, 5) is 15.2. The monoisotopic (exact) mass is 237 g/mol. The number of halogens is 1. The molecular formula is C10H8ClN3O2. The lowest BCUT2D eigenvalue weighted by Crippen LogP contribution is -2.01. The van der Waals surface area contributed by atoms with E-state index in [-0.39, 0.29) is 5.69 Å². The van der Waals surface area contributed by atoms with Gasteiger partial charge in [0.05, 0.1) is 0 Å². The Balaban J connectivity index is 2.32. The van der Waals surface area contributed by atoms with Gasteiger partial charge in [-0.15, -0.1) is 0 Å². The van der Waals surface area contributed by atoms with E-state index < -0.39 is 5.97 Å². The molecule has 1 aliphatic rings. The molecule has 0 bridgehead atoms. The summed E-state index contributed by atoms with van der Waals surface area (Å²) in [5.41, 5.74) is 2.43. The summed E-state index contributed by atoms with van der Waals surface area (Å²) in [5.74, 6) is -1.07. The van der Waals surface area contributed by atoms with Crippen molar-refractivity contribution in [2.24, 2.45) is 0 Å². The number of rotatable bonds is 1. The largest absolute Gasteiger partial charge is 0.476 e. The number of fused-ring (bicyclic) bond motifs is 2. The smallest absolute Gasteiger partial charge is 0.356 e. The van der Waals surface area contributed by atoms with Crippen LogP contribution in [0.1, 0.15) is 28.2 Å². The number of carboxylic acids is 1. The van der Waals surface area contributed by atoms with Gasteiger partial charge in [-0.1, -0.05) is 11.6 Å². The normalized spacial score (nSPS) is 14.3. The van der Waals surface area contributed by atoms with Crippen LogP contribution in [-0.4, -0.2) is 25.7 Å². The van der Waals surface area contributed by atoms with Crippen LogP contribution >= 0.6 is 11.6 Å². The van der Waals surface area contributed by atoms with E-state index in [0.29, 0.717) is 10.8 Å². The highest BCUT2D eigenvalue weighted by atomic mass is 35.5. The predicted octanol–water partition coefficient (Wildman–Crippen LogP) is 1.57. The molecule has 0 aromatic carbocycles. The maximum absolute atomic E-state index is 10.8. The van der Waals surface area contributed by atoms with Crippen molar-refractivity contribution in [3.05, 3.63) is 28.2 Å². The molecule has 2 heterocycles. The van der Waals surface area contributed by atoms with E-state index in [0.717, 1.165) is 30.5 Å². The fraction of sp³-hybridized carbons (Fsp3) is 0.300. The van der Waals surface area contributed by atoms with Crippen LogP contribution in [0.3, 0.4) is 0 Å². The maximum Gasteiger partial charge on any atom is 0.356 e. The summed E-state index contributed by atoms with van der Waals surface area (Å²) in [5, 5.41) is 13.2. The average molecular weight is 238 g/mol. The van der Waals surface area contributed by atoms with E-state index in [1.807, 2.05) is 0 Å². The van der Waals surface area contributed by atoms with Crippen molar-refractivity contribution in [1.29, 1.82) is 0 Å². The van der Waals surface area contributed by atoms with Crippen LogP contribution in [0.15, 0.2) is 6.07 Å². The summed E-state index contributed by atoms with van der Waals surface area (Å²) in [6.45, 7) is 0. The summed E-state index contributed by atoms with van der Waals surface area (Å²) < 4.78 is 1.40. The molecule has 0 spiro atoms. The van der Waals surface area contributed by atoms with Crippen molar-refractivity contribution in [1.82, 2.24) is 14.6 Å². The van der Waals surface area contributed by atoms with Crippen molar-refractivity contribution >= 4 is 23.2 Å². The Hall–Kier alpha value is -1.62. The van der Waals surface area contributed by atoms with Crippen LogP contribution in [-0.2, 0) is 12.8 Å². The first kappa shape index (κ1) is 9.59. The average Bonchev–Trinajstić information content (AvgIpc) is 2.83. The number of carboxylic acid groups (broad SMARTS) is 1. The maximum atomic E-state index is 10.8. The van der Waals surface area contributed by atoms with Crippen LogP contribution in [0.2, 0.25) is 5.15 Å². The topological polar surface area (TPSA) is 67.5 Å². The zero-order valence-corrected chi connectivity index (χ0v) is 9.03. The van der Waals surface area contributed by atoms with Gasteiger partial charge >= 0.3 is 5.97 Å². The fourth-order valence-electron chi connectivity index (χ4n) is 2.04. The van der Waals surface area contributed by atoms with Crippen LogP contribution in [0, 0.1) is 0 Å². The summed E-state index contributed by atoms with van der Waals surface area (Å²) in [6.07, 6.45) is 2.83. The molecule has 0 saturated heterocycles. The van der Waals surface area contributed by atoms with Gasteiger partial charge in [-0.3, -0.25) is 0 Å². The number of nitrogens with zero attached hydrogens (tertiary/aromatic N) is 3. The lowest BCUT2D eigenvalue weighted by molar-refractivity contribution is 0.0690. The number of hydrogen-bond acceptors (Lipinski definition) is 3. The van der Waals surface area contributed by atoms with E-state index in [1.165, 1.54) is 10.6 Å². The van der Waals surface area contributed by atoms with Gasteiger partial charge in [0.1, 0.15) is 5.15 Å². The molecule has 1 aliphatic carbocycles. The molecule has 0 atom stereocenters. The van der Waals surface area contributed by atoms with E-state index >= 15 is 0 Å². The molecule has 3 rings (SSSR count). The first-order valence-electron chi connectivity index (χ1n) is 4.97. The van der Waals surface area contributed by atoms with Crippen molar-refractivity contribution in [3.63, 3.8) is 0 Å². The van der Waals surface area contributed by atoms with Gasteiger partial charge in [0.15, 0.2) is 11.3 Å². The molecule has 6 heteroatoms. The van der Waals surface area contributed by atoms with Crippen molar-refractivity contribution in [3.8, 4) is 0 Å². The molecule has 0 radical (unpaired) electrons. The van der Waals surface area contributed by atoms with E-state index in [9.17, 15) is 4.79 Å². The van der Waals surface area contributed by atoms with Gasteiger partial charge in [0.2, 0.25) is 0 Å². The summed E-state index contributed by atoms with van der Waals surface area (Å²) in [7, 11) is 0. The predicted molar refractivity (Wildman–Crippen MR) is 57.0 cm³/mol. The van der Waals surface area contributed by atoms with E-state index in [2.05, 4.69) is 10.1 Å². The molecule has 0 unspecified atom stereocenters. The van der Waals surface area contributed by atoms with Crippen molar-refractivity contribution in [2.45, 2.75) is 19.3 Å². The van der Waals surface area contributed by atoms with Crippen LogP contribution in [0.4, 0.5) is 0 Å². The van der Waals surface area contributed by atoms with Gasteiger partial charge < -0.3 is 5.11 Å². The second-order valence-corrected chi connectivity index (χ2v) is 4.14. The van der Waals surface area contributed by atoms with E-state index in [4.69, 9.17) is 16.7 Å². The molecule has 2 aromatic rings. The highest BCUT2D eigenvalue weighted by Crippen LogP contribution is 2.28. The highest BCUT2D eigenvalue weighted by Gasteiger charge is 2.21. The van der Waals surface area contributed by atoms with Crippen molar-refractivity contribution < 1.29 is 9.90 Å². The number of hydrogen-bond donors (Lipinski definition) is 1. The Morgan fingerprint density at radius 1 is 1.50 bits per heavy atom. The van der Waals surface area contributed by atoms with Gasteiger partial charge in [0.25, 0.3) is 0 Å². The molecule has 0 aliphatic heterocycles. The van der Waals surface area contributed by atoms with Crippen molar-refractivity contribution in [2.75, 3.05) is 0 Å². The Morgan fingerprint density at radius 3 is 3.06 bits per heavy atom. The zero-order valence-electron chi connectivity index (χ0n) is 8.27. The van der Waals surface area contributed by atoms with Gasteiger partial charge in [0, 0.05) is 17.3 Å². The second kappa shape index (κ2) is 3.18. The number of aromatic nitrogens is 3. The Morgan fingerprint density at radius 2 is 2.31 bits per heavy atom. The molecule has 0 saturated carbocycles. The molecule has 16 heavy (non-hydrogen) atoms. The SMILES string of the molecule is O=C(O)c1cc2nc3c(c(Cl)n2n1)CCC3. The molecule has 5 nitrogen and oxygen atoms in total. The molecule has 0 amide bonds. The minimum atomic E-state index is -1.07. The lowest BCUT2D eigenvalue weighted by atomic mass is 10.3. The molecule has 0 fully saturated rings. The first-order valence-corrected chi connectivity index (χ1v) is 5.35. The molecule has 82 valence electrons. The third-order valence-electron chi connectivity index (χ3n) is 2.78. The van der Waals surface area contributed by atoms with Gasteiger partial charge in [-0.05, 0) is 19.3 Å². The summed E-state index contributed by atoms with van der Waals surface area (Å²) >= 11 is 6.17. The van der Waals surface area contributed by atoms with Crippen LogP contribution < -0.4 is 0 Å². The third-order valence-corrected chi connectivity index (χ3v) is 3.17. The Bertz CT molecular complexity index is 606. The zero-order chi connectivity index (χ0) is 11.3. The molecule has 1 N–H and O–H groups in total. The Labute approximate surface area is 95.7 Å². The molecular weight excluding hydrogens is 230 g/mol. The number of carbonyl (C=O) groups is 1. The van der Waals surface area contributed by atoms with Gasteiger partial charge in [-0.25, -0.2) is 14.3 Å². The minimum absolute atomic E-state index is 0.0296. The third kappa shape index (κ3) is 1.21. The quantitative estimate of drug-likeness (QED) is 0.765. The fourth-order valence-corrected chi connectivity index (χ4v) is 2.37. The molecule has 2 aromatic heterocycles. The minimum Gasteiger partial charge on any atom is -0.476 e. The van der Waals surface area contributed by atoms with Crippen LogP contribution in [0.25, 0.3) is 5.65 Å². The Kier molecular flexibility index (Phi) is 1.91.